The highest BCUT2D eigenvalue weighted by molar-refractivity contribution is 6.32. The molecule has 33 heavy (non-hydrogen) atoms. The minimum atomic E-state index is -0.715. The Morgan fingerprint density at radius 3 is 2.61 bits per heavy atom. The highest BCUT2D eigenvalue weighted by Gasteiger charge is 2.37. The number of nitrogens with one attached hydrogen (secondary N) is 2. The van der Waals surface area contributed by atoms with Crippen LogP contribution in [0.15, 0.2) is 42.7 Å². The summed E-state index contributed by atoms with van der Waals surface area (Å²) in [5, 5.41) is 3.75. The standard InChI is InChI=1S/C24H25ClN4O4/c1-24(2,3)33-23(31)29-13-10-16-18(22(29)30)20(19(27-16)14-8-11-26-12-9-14)28-17-7-5-6-15(25)21(17)32-4/h5-9,11-12,27-28H,10,13H2,1-4H3. The molecule has 2 aromatic heterocycles. The zero-order valence-corrected chi connectivity index (χ0v) is 19.6. The summed E-state index contributed by atoms with van der Waals surface area (Å²) in [4.78, 5) is 34.8. The molecule has 1 aromatic carbocycles. The first-order chi connectivity index (χ1) is 15.7. The van der Waals surface area contributed by atoms with Gasteiger partial charge in [-0.2, -0.15) is 0 Å². The molecule has 0 spiro atoms. The van der Waals surface area contributed by atoms with Gasteiger partial charge in [0.15, 0.2) is 5.75 Å². The zero-order valence-electron chi connectivity index (χ0n) is 18.9. The van der Waals surface area contributed by atoms with Crippen molar-refractivity contribution in [1.82, 2.24) is 14.9 Å². The van der Waals surface area contributed by atoms with E-state index >= 15 is 0 Å². The Morgan fingerprint density at radius 2 is 1.94 bits per heavy atom. The highest BCUT2D eigenvalue weighted by Crippen LogP contribution is 2.41. The lowest BCUT2D eigenvalue weighted by atomic mass is 10.0. The van der Waals surface area contributed by atoms with Crippen LogP contribution < -0.4 is 10.1 Å². The molecule has 9 heteroatoms. The van der Waals surface area contributed by atoms with Crippen molar-refractivity contribution in [1.29, 1.82) is 0 Å². The first-order valence-electron chi connectivity index (χ1n) is 10.5. The molecule has 2 amide bonds. The highest BCUT2D eigenvalue weighted by atomic mass is 35.5. The second-order valence-electron chi connectivity index (χ2n) is 8.60. The molecule has 0 saturated heterocycles. The largest absolute Gasteiger partial charge is 0.493 e. The number of hydrogen-bond donors (Lipinski definition) is 2. The Morgan fingerprint density at radius 1 is 1.21 bits per heavy atom. The number of rotatable bonds is 4. The van der Waals surface area contributed by atoms with Gasteiger partial charge in [0.05, 0.1) is 34.8 Å². The number of hydrogen-bond acceptors (Lipinski definition) is 6. The van der Waals surface area contributed by atoms with Gasteiger partial charge in [0.25, 0.3) is 5.91 Å². The van der Waals surface area contributed by atoms with E-state index in [1.807, 2.05) is 12.1 Å². The second-order valence-corrected chi connectivity index (χ2v) is 9.00. The molecule has 0 bridgehead atoms. The van der Waals surface area contributed by atoms with Gasteiger partial charge in [0, 0.05) is 36.6 Å². The monoisotopic (exact) mass is 468 g/mol. The Bertz CT molecular complexity index is 1200. The molecule has 0 unspecified atom stereocenters. The molecule has 3 heterocycles. The van der Waals surface area contributed by atoms with Gasteiger partial charge >= 0.3 is 6.09 Å². The molecule has 0 saturated carbocycles. The number of pyridine rings is 1. The average Bonchev–Trinajstić information content (AvgIpc) is 3.12. The molecule has 0 fully saturated rings. The molecular weight excluding hydrogens is 444 g/mol. The van der Waals surface area contributed by atoms with Crippen LogP contribution in [0.2, 0.25) is 5.02 Å². The van der Waals surface area contributed by atoms with E-state index in [1.54, 1.807) is 51.4 Å². The van der Waals surface area contributed by atoms with Gasteiger partial charge in [-0.05, 0) is 45.0 Å². The molecule has 0 radical (unpaired) electrons. The van der Waals surface area contributed by atoms with Crippen molar-refractivity contribution in [2.24, 2.45) is 0 Å². The van der Waals surface area contributed by atoms with Crippen molar-refractivity contribution in [2.75, 3.05) is 19.0 Å². The van der Waals surface area contributed by atoms with E-state index < -0.39 is 17.6 Å². The molecule has 1 aliphatic heterocycles. The Kier molecular flexibility index (Phi) is 6.03. The number of amides is 2. The number of imide groups is 1. The van der Waals surface area contributed by atoms with Crippen LogP contribution in [0.5, 0.6) is 5.75 Å². The molecular formula is C24H25ClN4O4. The number of carbonyl (C=O) groups is 2. The predicted octanol–water partition coefficient (Wildman–Crippen LogP) is 5.42. The maximum Gasteiger partial charge on any atom is 0.417 e. The van der Waals surface area contributed by atoms with E-state index in [4.69, 9.17) is 21.1 Å². The van der Waals surface area contributed by atoms with Crippen LogP contribution >= 0.6 is 11.6 Å². The number of aromatic amines is 1. The van der Waals surface area contributed by atoms with Gasteiger partial charge in [-0.1, -0.05) is 17.7 Å². The fourth-order valence-corrected chi connectivity index (χ4v) is 3.99. The van der Waals surface area contributed by atoms with Gasteiger partial charge in [0.2, 0.25) is 0 Å². The number of nitrogens with zero attached hydrogens (tertiary/aromatic N) is 2. The maximum atomic E-state index is 13.5. The fraction of sp³-hybridized carbons (Fsp3) is 0.292. The number of fused-ring (bicyclic) bond motifs is 1. The van der Waals surface area contributed by atoms with Gasteiger partial charge in [-0.15, -0.1) is 0 Å². The van der Waals surface area contributed by atoms with E-state index in [0.29, 0.717) is 39.8 Å². The van der Waals surface area contributed by atoms with Crippen LogP contribution in [0.1, 0.15) is 36.8 Å². The normalized spacial score (nSPS) is 13.5. The van der Waals surface area contributed by atoms with Crippen LogP contribution in [0.25, 0.3) is 11.3 Å². The van der Waals surface area contributed by atoms with E-state index in [1.165, 1.54) is 7.11 Å². The summed E-state index contributed by atoms with van der Waals surface area (Å²) in [6, 6.07) is 8.99. The number of para-hydroxylation sites is 1. The predicted molar refractivity (Wildman–Crippen MR) is 126 cm³/mol. The summed E-state index contributed by atoms with van der Waals surface area (Å²) < 4.78 is 10.9. The summed E-state index contributed by atoms with van der Waals surface area (Å²) in [6.07, 6.45) is 3.14. The Hall–Kier alpha value is -3.52. The third kappa shape index (κ3) is 4.52. The van der Waals surface area contributed by atoms with E-state index in [2.05, 4.69) is 15.3 Å². The smallest absolute Gasteiger partial charge is 0.417 e. The molecule has 3 aromatic rings. The van der Waals surface area contributed by atoms with Crippen LogP contribution in [0.3, 0.4) is 0 Å². The van der Waals surface area contributed by atoms with Crippen molar-refractivity contribution in [3.8, 4) is 17.0 Å². The first-order valence-corrected chi connectivity index (χ1v) is 10.9. The Labute approximate surface area is 196 Å². The number of ether oxygens (including phenoxy) is 2. The topological polar surface area (TPSA) is 96.5 Å². The summed E-state index contributed by atoms with van der Waals surface area (Å²) >= 11 is 6.31. The second kappa shape index (κ2) is 8.78. The first kappa shape index (κ1) is 22.7. The van der Waals surface area contributed by atoms with Crippen LogP contribution in [0, 0.1) is 0 Å². The SMILES string of the molecule is COc1c(Cl)cccc1Nc1c(-c2ccncc2)[nH]c2c1C(=O)N(C(=O)OC(C)(C)C)CC2. The number of H-pyrrole nitrogens is 1. The Balaban J connectivity index is 1.82. The third-order valence-corrected chi connectivity index (χ3v) is 5.43. The van der Waals surface area contributed by atoms with Crippen LogP contribution in [0.4, 0.5) is 16.2 Å². The maximum absolute atomic E-state index is 13.5. The van der Waals surface area contributed by atoms with Gasteiger partial charge in [-0.3, -0.25) is 9.78 Å². The average molecular weight is 469 g/mol. The lowest BCUT2D eigenvalue weighted by molar-refractivity contribution is 0.0233. The molecule has 4 rings (SSSR count). The van der Waals surface area contributed by atoms with E-state index in [-0.39, 0.29) is 6.54 Å². The molecule has 8 nitrogen and oxygen atoms in total. The molecule has 0 atom stereocenters. The molecule has 172 valence electrons. The van der Waals surface area contributed by atoms with Crippen molar-refractivity contribution >= 4 is 35.0 Å². The molecule has 0 aliphatic carbocycles. The van der Waals surface area contributed by atoms with Crippen molar-refractivity contribution in [3.63, 3.8) is 0 Å². The summed E-state index contributed by atoms with van der Waals surface area (Å²) in [5.41, 5.74) is 3.03. The molecule has 2 N–H and O–H groups in total. The van der Waals surface area contributed by atoms with Gasteiger partial charge in [-0.25, -0.2) is 9.69 Å². The lowest BCUT2D eigenvalue weighted by Crippen LogP contribution is -2.44. The van der Waals surface area contributed by atoms with Gasteiger partial charge < -0.3 is 19.8 Å². The zero-order chi connectivity index (χ0) is 23.8. The van der Waals surface area contributed by atoms with E-state index in [9.17, 15) is 9.59 Å². The number of aromatic nitrogens is 2. The number of carbonyl (C=O) groups excluding carboxylic acids is 2. The summed E-state index contributed by atoms with van der Waals surface area (Å²) in [7, 11) is 1.53. The van der Waals surface area contributed by atoms with E-state index in [0.717, 1.165) is 16.2 Å². The summed E-state index contributed by atoms with van der Waals surface area (Å²) in [6.45, 7) is 5.51. The van der Waals surface area contributed by atoms with Crippen molar-refractivity contribution in [3.05, 3.63) is 59.0 Å². The van der Waals surface area contributed by atoms with Crippen molar-refractivity contribution < 1.29 is 19.1 Å². The minimum absolute atomic E-state index is 0.219. The third-order valence-electron chi connectivity index (χ3n) is 5.14. The van der Waals surface area contributed by atoms with Crippen LogP contribution in [-0.2, 0) is 11.2 Å². The quantitative estimate of drug-likeness (QED) is 0.531. The fourth-order valence-electron chi connectivity index (χ4n) is 3.74. The number of methoxy groups -OCH3 is 1. The minimum Gasteiger partial charge on any atom is -0.493 e. The van der Waals surface area contributed by atoms with Crippen LogP contribution in [-0.4, -0.2) is 46.1 Å². The summed E-state index contributed by atoms with van der Waals surface area (Å²) in [5.74, 6) is 0.00704. The lowest BCUT2D eigenvalue weighted by Gasteiger charge is -2.29. The van der Waals surface area contributed by atoms with Gasteiger partial charge in [0.1, 0.15) is 5.60 Å². The van der Waals surface area contributed by atoms with Crippen molar-refractivity contribution in [2.45, 2.75) is 32.8 Å². The number of halogens is 1. The number of benzene rings is 1. The number of anilines is 2. The molecule has 1 aliphatic rings.